The lowest BCUT2D eigenvalue weighted by molar-refractivity contribution is 0.375. The summed E-state index contributed by atoms with van der Waals surface area (Å²) in [7, 11) is 0. The van der Waals surface area contributed by atoms with Crippen LogP contribution in [-0.2, 0) is 6.80 Å². The van der Waals surface area contributed by atoms with E-state index in [4.69, 9.17) is 5.26 Å². The SMILES string of the molecule is N#Cc1cn(CF)ccc1=O. The summed E-state index contributed by atoms with van der Waals surface area (Å²) >= 11 is 0. The second-order valence-corrected chi connectivity index (χ2v) is 1.97. The molecule has 1 heterocycles. The van der Waals surface area contributed by atoms with E-state index < -0.39 is 6.80 Å². The van der Waals surface area contributed by atoms with Crippen molar-refractivity contribution >= 4 is 0 Å². The molecule has 0 spiro atoms. The quantitative estimate of drug-likeness (QED) is 0.593. The summed E-state index contributed by atoms with van der Waals surface area (Å²) in [6.45, 7) is -0.727. The molecule has 0 saturated heterocycles. The lowest BCUT2D eigenvalue weighted by Gasteiger charge is -1.97. The van der Waals surface area contributed by atoms with Gasteiger partial charge in [-0.3, -0.25) is 4.79 Å². The molecule has 0 radical (unpaired) electrons. The third-order valence-electron chi connectivity index (χ3n) is 1.24. The third-order valence-corrected chi connectivity index (χ3v) is 1.24. The first-order valence-corrected chi connectivity index (χ1v) is 2.94. The van der Waals surface area contributed by atoms with Gasteiger partial charge in [-0.05, 0) is 0 Å². The molecule has 0 aliphatic heterocycles. The molecule has 11 heavy (non-hydrogen) atoms. The summed E-state index contributed by atoms with van der Waals surface area (Å²) < 4.78 is 13.0. The van der Waals surface area contributed by atoms with Gasteiger partial charge in [-0.2, -0.15) is 5.26 Å². The lowest BCUT2D eigenvalue weighted by Crippen LogP contribution is -2.07. The molecule has 0 N–H and O–H groups in total. The molecule has 1 aromatic heterocycles. The van der Waals surface area contributed by atoms with Crippen molar-refractivity contribution in [1.82, 2.24) is 4.57 Å². The van der Waals surface area contributed by atoms with Crippen LogP contribution in [0.25, 0.3) is 0 Å². The molecule has 4 heteroatoms. The van der Waals surface area contributed by atoms with Gasteiger partial charge in [0.25, 0.3) is 0 Å². The first kappa shape index (κ1) is 7.48. The van der Waals surface area contributed by atoms with Crippen LogP contribution in [0.5, 0.6) is 0 Å². The minimum Gasteiger partial charge on any atom is -0.325 e. The summed E-state index contributed by atoms with van der Waals surface area (Å²) in [6.07, 6.45) is 2.48. The van der Waals surface area contributed by atoms with Gasteiger partial charge in [0.05, 0.1) is 0 Å². The van der Waals surface area contributed by atoms with Crippen LogP contribution in [-0.4, -0.2) is 4.57 Å². The number of hydrogen-bond donors (Lipinski definition) is 0. The number of alkyl halides is 1. The Hall–Kier alpha value is -1.63. The number of pyridine rings is 1. The highest BCUT2D eigenvalue weighted by molar-refractivity contribution is 5.24. The summed E-state index contributed by atoms with van der Waals surface area (Å²) in [4.78, 5) is 10.8. The summed E-state index contributed by atoms with van der Waals surface area (Å²) in [5, 5.41) is 8.35. The van der Waals surface area contributed by atoms with Gasteiger partial charge in [-0.25, -0.2) is 4.39 Å². The van der Waals surface area contributed by atoms with Crippen molar-refractivity contribution < 1.29 is 4.39 Å². The minimum atomic E-state index is -0.727. The van der Waals surface area contributed by atoms with Gasteiger partial charge in [-0.15, -0.1) is 0 Å². The number of hydrogen-bond acceptors (Lipinski definition) is 2. The summed E-state index contributed by atoms with van der Waals surface area (Å²) in [5.74, 6) is 0. The molecule has 0 aromatic carbocycles. The third kappa shape index (κ3) is 1.44. The topological polar surface area (TPSA) is 45.8 Å². The summed E-state index contributed by atoms with van der Waals surface area (Å²) in [5.41, 5.74) is -0.414. The zero-order chi connectivity index (χ0) is 8.27. The van der Waals surface area contributed by atoms with Crippen LogP contribution in [0, 0.1) is 11.3 Å². The zero-order valence-electron chi connectivity index (χ0n) is 5.62. The number of aromatic nitrogens is 1. The maximum Gasteiger partial charge on any atom is 0.199 e. The molecule has 3 nitrogen and oxygen atoms in total. The van der Waals surface area contributed by atoms with Gasteiger partial charge in [0.2, 0.25) is 0 Å². The van der Waals surface area contributed by atoms with Crippen molar-refractivity contribution in [2.45, 2.75) is 6.80 Å². The first-order chi connectivity index (χ1) is 5.27. The molecular formula is C7H5FN2O. The second kappa shape index (κ2) is 2.97. The van der Waals surface area contributed by atoms with Gasteiger partial charge >= 0.3 is 0 Å². The van der Waals surface area contributed by atoms with Crippen LogP contribution in [0.2, 0.25) is 0 Å². The zero-order valence-corrected chi connectivity index (χ0v) is 5.62. The highest BCUT2D eigenvalue weighted by Gasteiger charge is 1.96. The fourth-order valence-electron chi connectivity index (χ4n) is 0.684. The van der Waals surface area contributed by atoms with Gasteiger partial charge in [-0.1, -0.05) is 0 Å². The largest absolute Gasteiger partial charge is 0.325 e. The van der Waals surface area contributed by atoms with E-state index in [1.807, 2.05) is 0 Å². The Morgan fingerprint density at radius 2 is 2.45 bits per heavy atom. The van der Waals surface area contributed by atoms with Crippen molar-refractivity contribution in [1.29, 1.82) is 5.26 Å². The van der Waals surface area contributed by atoms with E-state index in [1.165, 1.54) is 12.4 Å². The molecule has 0 aliphatic carbocycles. The standard InChI is InChI=1S/C7H5FN2O/c8-5-10-2-1-7(11)6(3-9)4-10/h1-2,4H,5H2. The smallest absolute Gasteiger partial charge is 0.199 e. The number of halogens is 1. The highest BCUT2D eigenvalue weighted by Crippen LogP contribution is 1.90. The van der Waals surface area contributed by atoms with Gasteiger partial charge in [0.15, 0.2) is 12.2 Å². The Kier molecular flexibility index (Phi) is 2.02. The Labute approximate surface area is 62.3 Å². The van der Waals surface area contributed by atoms with E-state index in [0.29, 0.717) is 0 Å². The van der Waals surface area contributed by atoms with E-state index in [0.717, 1.165) is 10.6 Å². The Morgan fingerprint density at radius 1 is 1.73 bits per heavy atom. The molecule has 1 rings (SSSR count). The molecule has 0 fully saturated rings. The van der Waals surface area contributed by atoms with Gasteiger partial charge < -0.3 is 4.57 Å². The van der Waals surface area contributed by atoms with E-state index in [9.17, 15) is 9.18 Å². The van der Waals surface area contributed by atoms with Crippen LogP contribution < -0.4 is 5.43 Å². The monoisotopic (exact) mass is 152 g/mol. The number of rotatable bonds is 1. The minimum absolute atomic E-state index is 0.0369. The van der Waals surface area contributed by atoms with Crippen molar-refractivity contribution in [2.75, 3.05) is 0 Å². The van der Waals surface area contributed by atoms with E-state index in [2.05, 4.69) is 0 Å². The summed E-state index contributed by atoms with van der Waals surface area (Å²) in [6, 6.07) is 2.83. The van der Waals surface area contributed by atoms with Crippen LogP contribution in [0.4, 0.5) is 4.39 Å². The number of nitrogens with zero attached hydrogens (tertiary/aromatic N) is 2. The van der Waals surface area contributed by atoms with Crippen molar-refractivity contribution in [2.24, 2.45) is 0 Å². The normalized spacial score (nSPS) is 9.09. The Balaban J connectivity index is 3.26. The van der Waals surface area contributed by atoms with Crippen molar-refractivity contribution in [3.8, 4) is 6.07 Å². The molecule has 1 aromatic rings. The lowest BCUT2D eigenvalue weighted by atomic mass is 10.3. The molecular weight excluding hydrogens is 147 g/mol. The molecule has 0 saturated carbocycles. The predicted molar refractivity (Wildman–Crippen MR) is 36.5 cm³/mol. The molecule has 0 unspecified atom stereocenters. The fourth-order valence-corrected chi connectivity index (χ4v) is 0.684. The number of nitriles is 1. The van der Waals surface area contributed by atoms with Gasteiger partial charge in [0, 0.05) is 18.5 Å². The maximum atomic E-state index is 11.9. The van der Waals surface area contributed by atoms with Crippen LogP contribution >= 0.6 is 0 Å². The van der Waals surface area contributed by atoms with Crippen LogP contribution in [0.3, 0.4) is 0 Å². The average molecular weight is 152 g/mol. The molecule has 0 aliphatic rings. The van der Waals surface area contributed by atoms with E-state index >= 15 is 0 Å². The van der Waals surface area contributed by atoms with Crippen LogP contribution in [0.1, 0.15) is 5.56 Å². The van der Waals surface area contributed by atoms with E-state index in [1.54, 1.807) is 6.07 Å². The molecule has 0 atom stereocenters. The second-order valence-electron chi connectivity index (χ2n) is 1.97. The molecule has 0 bridgehead atoms. The molecule has 0 amide bonds. The Morgan fingerprint density at radius 3 is 3.00 bits per heavy atom. The van der Waals surface area contributed by atoms with Crippen LogP contribution in [0.15, 0.2) is 23.3 Å². The van der Waals surface area contributed by atoms with Crippen molar-refractivity contribution in [3.05, 3.63) is 34.2 Å². The molecule has 56 valence electrons. The highest BCUT2D eigenvalue weighted by atomic mass is 19.1. The van der Waals surface area contributed by atoms with Gasteiger partial charge in [0.1, 0.15) is 11.6 Å². The average Bonchev–Trinajstić information content (AvgIpc) is 2.05. The predicted octanol–water partition coefficient (Wildman–Crippen LogP) is 0.647. The first-order valence-electron chi connectivity index (χ1n) is 2.94. The Bertz CT molecular complexity index is 350. The van der Waals surface area contributed by atoms with E-state index in [-0.39, 0.29) is 11.0 Å². The maximum absolute atomic E-state index is 11.9. The fraction of sp³-hybridized carbons (Fsp3) is 0.143. The van der Waals surface area contributed by atoms with Crippen molar-refractivity contribution in [3.63, 3.8) is 0 Å².